The van der Waals surface area contributed by atoms with Crippen LogP contribution in [0.25, 0.3) is 0 Å². The van der Waals surface area contributed by atoms with Crippen LogP contribution in [-0.2, 0) is 4.79 Å². The minimum Gasteiger partial charge on any atom is -0.481 e. The average Bonchev–Trinajstić information content (AvgIpc) is 2.10. The van der Waals surface area contributed by atoms with Crippen LogP contribution in [0.15, 0.2) is 0 Å². The number of carbonyl (C=O) groups is 1. The molecule has 1 aliphatic rings. The monoisotopic (exact) mass is 242 g/mol. The maximum absolute atomic E-state index is 10.7. The molecule has 1 fully saturated rings. The highest BCUT2D eigenvalue weighted by atomic mass is 16.4. The van der Waals surface area contributed by atoms with Crippen molar-refractivity contribution in [2.24, 2.45) is 0 Å². The zero-order valence-electron chi connectivity index (χ0n) is 11.7. The van der Waals surface area contributed by atoms with E-state index in [2.05, 4.69) is 44.5 Å². The second-order valence-corrected chi connectivity index (χ2v) is 6.10. The first-order valence-electron chi connectivity index (χ1n) is 6.43. The van der Waals surface area contributed by atoms with Gasteiger partial charge in [-0.15, -0.1) is 0 Å². The van der Waals surface area contributed by atoms with E-state index in [0.29, 0.717) is 12.1 Å². The van der Waals surface area contributed by atoms with Crippen molar-refractivity contribution in [1.29, 1.82) is 0 Å². The Labute approximate surface area is 105 Å². The van der Waals surface area contributed by atoms with E-state index in [1.54, 1.807) is 0 Å². The second-order valence-electron chi connectivity index (χ2n) is 6.10. The van der Waals surface area contributed by atoms with E-state index in [1.165, 1.54) is 0 Å². The number of carboxylic acid groups (broad SMARTS) is 1. The van der Waals surface area contributed by atoms with Crippen molar-refractivity contribution in [2.45, 2.75) is 58.2 Å². The van der Waals surface area contributed by atoms with Gasteiger partial charge in [0.25, 0.3) is 0 Å². The Bertz CT molecular complexity index is 277. The summed E-state index contributed by atoms with van der Waals surface area (Å²) in [5.41, 5.74) is 0.115. The van der Waals surface area contributed by atoms with E-state index < -0.39 is 5.97 Å². The summed E-state index contributed by atoms with van der Waals surface area (Å²) in [6.07, 6.45) is 0.999. The van der Waals surface area contributed by atoms with E-state index >= 15 is 0 Å². The third-order valence-electron chi connectivity index (χ3n) is 3.52. The number of hydrogen-bond donors (Lipinski definition) is 1. The van der Waals surface area contributed by atoms with E-state index in [4.69, 9.17) is 5.11 Å². The normalized spacial score (nSPS) is 26.4. The summed E-state index contributed by atoms with van der Waals surface area (Å²) in [7, 11) is 2.12. The Hall–Kier alpha value is -0.610. The molecule has 1 rings (SSSR count). The number of aliphatic carboxylic acids is 1. The van der Waals surface area contributed by atoms with Gasteiger partial charge in [-0.3, -0.25) is 9.69 Å². The largest absolute Gasteiger partial charge is 0.481 e. The quantitative estimate of drug-likeness (QED) is 0.814. The van der Waals surface area contributed by atoms with E-state index in [1.807, 2.05) is 0 Å². The highest BCUT2D eigenvalue weighted by Gasteiger charge is 2.39. The van der Waals surface area contributed by atoms with Crippen LogP contribution < -0.4 is 0 Å². The van der Waals surface area contributed by atoms with Crippen molar-refractivity contribution in [3.05, 3.63) is 0 Å². The summed E-state index contributed by atoms with van der Waals surface area (Å²) < 4.78 is 0. The lowest BCUT2D eigenvalue weighted by molar-refractivity contribution is -0.138. The van der Waals surface area contributed by atoms with Gasteiger partial charge in [0.15, 0.2) is 0 Å². The Morgan fingerprint density at radius 2 is 2.06 bits per heavy atom. The van der Waals surface area contributed by atoms with Crippen LogP contribution in [0.1, 0.15) is 40.5 Å². The molecule has 1 heterocycles. The van der Waals surface area contributed by atoms with Crippen molar-refractivity contribution in [3.8, 4) is 0 Å². The number of nitrogens with zero attached hydrogens (tertiary/aromatic N) is 2. The SMILES string of the molecule is CC(C)N1C(CCC(=O)O)CN(C)CC1(C)C. The first kappa shape index (κ1) is 14.5. The first-order valence-corrected chi connectivity index (χ1v) is 6.43. The van der Waals surface area contributed by atoms with Crippen molar-refractivity contribution in [3.63, 3.8) is 0 Å². The summed E-state index contributed by atoms with van der Waals surface area (Å²) in [5, 5.41) is 8.83. The molecule has 0 aromatic rings. The minimum absolute atomic E-state index is 0.115. The van der Waals surface area contributed by atoms with Gasteiger partial charge in [0.2, 0.25) is 0 Å². The molecule has 0 saturated carbocycles. The molecule has 0 aliphatic carbocycles. The van der Waals surface area contributed by atoms with Crippen molar-refractivity contribution in [2.75, 3.05) is 20.1 Å². The predicted molar refractivity (Wildman–Crippen MR) is 69.2 cm³/mol. The molecule has 1 saturated heterocycles. The molecule has 100 valence electrons. The van der Waals surface area contributed by atoms with E-state index in [9.17, 15) is 4.79 Å². The van der Waals surface area contributed by atoms with E-state index in [0.717, 1.165) is 19.5 Å². The number of carboxylic acids is 1. The first-order chi connectivity index (χ1) is 7.74. The van der Waals surface area contributed by atoms with Gasteiger partial charge < -0.3 is 10.0 Å². The predicted octanol–water partition coefficient (Wildman–Crippen LogP) is 1.65. The van der Waals surface area contributed by atoms with Crippen LogP contribution in [0.2, 0.25) is 0 Å². The summed E-state index contributed by atoms with van der Waals surface area (Å²) in [5.74, 6) is -0.695. The average molecular weight is 242 g/mol. The van der Waals surface area contributed by atoms with Gasteiger partial charge in [0.05, 0.1) is 0 Å². The summed E-state index contributed by atoms with van der Waals surface area (Å²) in [6, 6.07) is 0.803. The molecule has 4 nitrogen and oxygen atoms in total. The van der Waals surface area contributed by atoms with E-state index in [-0.39, 0.29) is 12.0 Å². The molecule has 1 atom stereocenters. The Morgan fingerprint density at radius 3 is 2.53 bits per heavy atom. The maximum atomic E-state index is 10.7. The molecule has 1 unspecified atom stereocenters. The van der Waals surface area contributed by atoms with Crippen LogP contribution in [-0.4, -0.2) is 58.6 Å². The highest BCUT2D eigenvalue weighted by Crippen LogP contribution is 2.28. The molecule has 0 amide bonds. The van der Waals surface area contributed by atoms with Gasteiger partial charge in [-0.25, -0.2) is 0 Å². The van der Waals surface area contributed by atoms with Crippen LogP contribution >= 0.6 is 0 Å². The molecular weight excluding hydrogens is 216 g/mol. The molecule has 0 bridgehead atoms. The van der Waals surface area contributed by atoms with Gasteiger partial charge >= 0.3 is 5.97 Å². The fraction of sp³-hybridized carbons (Fsp3) is 0.923. The lowest BCUT2D eigenvalue weighted by Crippen LogP contribution is -2.65. The van der Waals surface area contributed by atoms with Crippen molar-refractivity contribution >= 4 is 5.97 Å². The molecule has 0 spiro atoms. The molecule has 0 aromatic carbocycles. The maximum Gasteiger partial charge on any atom is 0.303 e. The Morgan fingerprint density at radius 1 is 1.47 bits per heavy atom. The minimum atomic E-state index is -0.695. The topological polar surface area (TPSA) is 43.8 Å². The highest BCUT2D eigenvalue weighted by molar-refractivity contribution is 5.66. The standard InChI is InChI=1S/C13H26N2O2/c1-10(2)15-11(6-7-12(16)17)8-14(5)9-13(15,3)4/h10-11H,6-9H2,1-5H3,(H,16,17). The fourth-order valence-corrected chi connectivity index (χ4v) is 3.39. The van der Waals surface area contributed by atoms with Gasteiger partial charge in [-0.05, 0) is 41.2 Å². The third-order valence-corrected chi connectivity index (χ3v) is 3.52. The molecular formula is C13H26N2O2. The second kappa shape index (κ2) is 5.36. The van der Waals surface area contributed by atoms with Crippen molar-refractivity contribution in [1.82, 2.24) is 9.80 Å². The molecule has 0 aromatic heterocycles. The summed E-state index contributed by atoms with van der Waals surface area (Å²) >= 11 is 0. The molecule has 1 aliphatic heterocycles. The summed E-state index contributed by atoms with van der Waals surface area (Å²) in [6.45, 7) is 10.9. The zero-order valence-corrected chi connectivity index (χ0v) is 11.7. The summed E-state index contributed by atoms with van der Waals surface area (Å²) in [4.78, 5) is 15.5. The number of rotatable bonds is 4. The van der Waals surface area contributed by atoms with Crippen LogP contribution in [0.5, 0.6) is 0 Å². The zero-order chi connectivity index (χ0) is 13.2. The van der Waals surface area contributed by atoms with Gasteiger partial charge in [0.1, 0.15) is 0 Å². The molecule has 0 radical (unpaired) electrons. The number of likely N-dealkylation sites (N-methyl/N-ethyl adjacent to an activating group) is 1. The van der Waals surface area contributed by atoms with Crippen molar-refractivity contribution < 1.29 is 9.90 Å². The Kier molecular flexibility index (Phi) is 4.55. The molecule has 1 N–H and O–H groups in total. The molecule has 17 heavy (non-hydrogen) atoms. The number of hydrogen-bond acceptors (Lipinski definition) is 3. The van der Waals surface area contributed by atoms with Crippen LogP contribution in [0.4, 0.5) is 0 Å². The lowest BCUT2D eigenvalue weighted by Gasteiger charge is -2.53. The molecule has 4 heteroatoms. The van der Waals surface area contributed by atoms with Gasteiger partial charge in [-0.2, -0.15) is 0 Å². The fourth-order valence-electron chi connectivity index (χ4n) is 3.39. The van der Waals surface area contributed by atoms with Gasteiger partial charge in [0, 0.05) is 37.1 Å². The smallest absolute Gasteiger partial charge is 0.303 e. The Balaban J connectivity index is 2.78. The van der Waals surface area contributed by atoms with Crippen LogP contribution in [0.3, 0.4) is 0 Å². The van der Waals surface area contributed by atoms with Crippen LogP contribution in [0, 0.1) is 0 Å². The lowest BCUT2D eigenvalue weighted by atomic mass is 9.91. The number of piperazine rings is 1. The van der Waals surface area contributed by atoms with Gasteiger partial charge in [-0.1, -0.05) is 0 Å². The third kappa shape index (κ3) is 3.68.